The first-order valence-corrected chi connectivity index (χ1v) is 40.2. The van der Waals surface area contributed by atoms with Crippen molar-refractivity contribution in [3.05, 3.63) is 170 Å². The van der Waals surface area contributed by atoms with E-state index in [1.54, 1.807) is 0 Å². The van der Waals surface area contributed by atoms with Crippen molar-refractivity contribution >= 4 is 52.3 Å². The molecule has 0 saturated carbocycles. The summed E-state index contributed by atoms with van der Waals surface area (Å²) in [5.41, 5.74) is 24.5. The molecule has 4 unspecified atom stereocenters. The minimum absolute atomic E-state index is 0.0227. The molecule has 4 heteroatoms. The van der Waals surface area contributed by atoms with Gasteiger partial charge in [-0.15, -0.1) is 0 Å². The summed E-state index contributed by atoms with van der Waals surface area (Å²) in [5.74, 6) is 0.526. The van der Waals surface area contributed by atoms with Gasteiger partial charge in [0, 0.05) is 0 Å². The fourth-order valence-electron chi connectivity index (χ4n) is 13.2. The van der Waals surface area contributed by atoms with Gasteiger partial charge in [0.25, 0.3) is 0 Å². The third kappa shape index (κ3) is 9.26. The van der Waals surface area contributed by atoms with Crippen LogP contribution < -0.4 is 13.6 Å². The van der Waals surface area contributed by atoms with Crippen LogP contribution in [0.4, 0.5) is 0 Å². The zero-order valence-electron chi connectivity index (χ0n) is 48.6. The summed E-state index contributed by atoms with van der Waals surface area (Å²) in [6.45, 7) is 42.7. The second kappa shape index (κ2) is 19.4. The Morgan fingerprint density at radius 1 is 0.486 bits per heavy atom. The zero-order valence-corrected chi connectivity index (χ0v) is 54.0. The molecule has 0 radical (unpaired) electrons. The average Bonchev–Trinajstić information content (AvgIpc) is 4.07. The Morgan fingerprint density at radius 3 is 1.26 bits per heavy atom. The summed E-state index contributed by atoms with van der Waals surface area (Å²) in [6, 6.07) is 41.3. The number of aryl methyl sites for hydroxylation is 2. The van der Waals surface area contributed by atoms with Crippen LogP contribution in [0, 0.1) is 11.8 Å². The Kier molecular flexibility index (Phi) is 14.5. The molecule has 9 rings (SSSR count). The summed E-state index contributed by atoms with van der Waals surface area (Å²) in [6.07, 6.45) is 9.15. The van der Waals surface area contributed by atoms with Crippen LogP contribution in [-0.2, 0) is 50.9 Å². The Labute approximate surface area is 459 Å². The van der Waals surface area contributed by atoms with Crippen molar-refractivity contribution in [2.75, 3.05) is 0 Å². The van der Waals surface area contributed by atoms with Crippen LogP contribution in [-0.4, -0.2) is 9.52 Å². The molecule has 0 N–H and O–H groups in total. The van der Waals surface area contributed by atoms with E-state index in [-0.39, 0.29) is 40.7 Å². The van der Waals surface area contributed by atoms with Crippen molar-refractivity contribution in [2.24, 2.45) is 11.8 Å². The summed E-state index contributed by atoms with van der Waals surface area (Å²) in [4.78, 5) is 0. The van der Waals surface area contributed by atoms with Crippen molar-refractivity contribution in [3.63, 3.8) is 0 Å². The number of hydrogen-bond donors (Lipinski definition) is 0. The molecule has 389 valence electrons. The fourth-order valence-corrected chi connectivity index (χ4v) is 41.2. The van der Waals surface area contributed by atoms with Gasteiger partial charge in [-0.1, -0.05) is 0 Å². The predicted molar refractivity (Wildman–Crippen MR) is 329 cm³/mol. The third-order valence-corrected chi connectivity index (χ3v) is 40.7. The number of rotatable bonds is 11. The quantitative estimate of drug-likeness (QED) is 0.113. The molecule has 2 aliphatic carbocycles. The molecular weight excluding hydrogens is 1030 g/mol. The SMILES string of the molecule is CCc1ccc2c(c1-c1cc(C(C)(C)C)cc(C(C)(C)C)c1)C=C(C(C)CC)[CH]2[Zr]([Cl])([Cl])([c]1cccc2c1[SiH2]c1ccccc1-2)[CH]1C(C(C)CC)=Cc2c1ccc(CC)c2-c1cc(C(C)(C)C)cc(C(C)(C)C)c1. The second-order valence-corrected chi connectivity index (χ2v) is 49.5. The molecule has 6 aromatic rings. The molecule has 1 heterocycles. The van der Waals surface area contributed by atoms with Crippen LogP contribution in [0.5, 0.6) is 0 Å². The van der Waals surface area contributed by atoms with Crippen LogP contribution >= 0.6 is 17.0 Å². The van der Waals surface area contributed by atoms with Gasteiger partial charge in [-0.3, -0.25) is 0 Å². The van der Waals surface area contributed by atoms with Crippen LogP contribution in [0.3, 0.4) is 0 Å². The van der Waals surface area contributed by atoms with Crippen LogP contribution in [0.15, 0.2) is 114 Å². The van der Waals surface area contributed by atoms with E-state index in [2.05, 4.69) is 240 Å². The fraction of sp³-hybridized carbons (Fsp3) is 0.429. The normalized spacial score (nSPS) is 18.3. The summed E-state index contributed by atoms with van der Waals surface area (Å²) in [5, 5.41) is 2.98. The standard InChI is InChI=1S/2C29H39.C12H9Si.2ClH.Zr/c2*1-10-19(3)22-14-21-13-12-20(11-2)27(26(21)17-22)23-15-24(28(4,5)6)18-25(16-23)29(7,8)9;1-3-7-11-9(5-1)10-6-2-4-8-12(10)13-11;;;/h2*12-19H,10-11H2,1-9H3;1-7H,13H2;2*1H;/q;;;;;+2/p-2. The van der Waals surface area contributed by atoms with E-state index in [0.29, 0.717) is 0 Å². The van der Waals surface area contributed by atoms with Gasteiger partial charge in [-0.25, -0.2) is 0 Å². The molecule has 0 nitrogen and oxygen atoms in total. The topological polar surface area (TPSA) is 0 Å². The number of hydrogen-bond acceptors (Lipinski definition) is 0. The molecule has 0 amide bonds. The first-order chi connectivity index (χ1) is 34.6. The number of benzene rings is 6. The molecular formula is C70H87Cl2SiZr. The Hall–Kier alpha value is -3.52. The third-order valence-electron chi connectivity index (χ3n) is 18.1. The molecule has 4 atom stereocenters. The van der Waals surface area contributed by atoms with E-state index < -0.39 is 25.9 Å². The molecule has 0 saturated heterocycles. The Morgan fingerprint density at radius 2 is 0.878 bits per heavy atom. The summed E-state index contributed by atoms with van der Waals surface area (Å²) >= 11 is -5.92. The molecule has 3 aliphatic rings. The summed E-state index contributed by atoms with van der Waals surface area (Å²) < 4.78 is 1.01. The monoisotopic (exact) mass is 1120 g/mol. The van der Waals surface area contributed by atoms with Gasteiger partial charge >= 0.3 is 463 Å². The van der Waals surface area contributed by atoms with Crippen molar-refractivity contribution in [3.8, 4) is 33.4 Å². The van der Waals surface area contributed by atoms with Crippen molar-refractivity contribution < 1.29 is 16.4 Å². The first kappa shape index (κ1) is 55.2. The van der Waals surface area contributed by atoms with E-state index >= 15 is 0 Å². The molecule has 74 heavy (non-hydrogen) atoms. The van der Waals surface area contributed by atoms with Gasteiger partial charge in [-0.05, 0) is 0 Å². The van der Waals surface area contributed by atoms with Gasteiger partial charge in [0.05, 0.1) is 0 Å². The van der Waals surface area contributed by atoms with Gasteiger partial charge in [0.1, 0.15) is 0 Å². The maximum atomic E-state index is 9.81. The van der Waals surface area contributed by atoms with Crippen LogP contribution in [0.2, 0.25) is 0 Å². The first-order valence-electron chi connectivity index (χ1n) is 28.4. The molecule has 1 aliphatic heterocycles. The number of fused-ring (bicyclic) bond motifs is 5. The van der Waals surface area contributed by atoms with E-state index in [0.717, 1.165) is 25.7 Å². The van der Waals surface area contributed by atoms with Gasteiger partial charge in [0.15, 0.2) is 0 Å². The Bertz CT molecular complexity index is 3030. The predicted octanol–water partition coefficient (Wildman–Crippen LogP) is 18.4. The number of allylic oxidation sites excluding steroid dienone is 2. The molecule has 0 aromatic heterocycles. The summed E-state index contributed by atoms with van der Waals surface area (Å²) in [7, 11) is 18.7. The Balaban J connectivity index is 1.43. The zero-order chi connectivity index (χ0) is 53.9. The van der Waals surface area contributed by atoms with E-state index in [9.17, 15) is 17.0 Å². The van der Waals surface area contributed by atoms with Crippen LogP contribution in [0.1, 0.15) is 200 Å². The second-order valence-electron chi connectivity index (χ2n) is 27.1. The van der Waals surface area contributed by atoms with E-state index in [1.165, 1.54) is 114 Å². The van der Waals surface area contributed by atoms with Gasteiger partial charge in [0.2, 0.25) is 0 Å². The molecule has 6 aromatic carbocycles. The van der Waals surface area contributed by atoms with E-state index in [1.807, 2.05) is 0 Å². The molecule has 0 spiro atoms. The minimum atomic E-state index is -5.92. The van der Waals surface area contributed by atoms with Crippen molar-refractivity contribution in [2.45, 2.75) is 179 Å². The van der Waals surface area contributed by atoms with E-state index in [4.69, 9.17) is 0 Å². The maximum absolute atomic E-state index is 9.81. The molecule has 0 fully saturated rings. The van der Waals surface area contributed by atoms with Gasteiger partial charge in [-0.2, -0.15) is 0 Å². The number of halogens is 2. The molecule has 0 bridgehead atoms. The van der Waals surface area contributed by atoms with Crippen molar-refractivity contribution in [1.29, 1.82) is 0 Å². The average molecular weight is 1120 g/mol. The van der Waals surface area contributed by atoms with Gasteiger partial charge < -0.3 is 0 Å². The van der Waals surface area contributed by atoms with Crippen molar-refractivity contribution in [1.82, 2.24) is 0 Å². The van der Waals surface area contributed by atoms with Crippen LogP contribution in [0.25, 0.3) is 45.5 Å².